The number of benzene rings is 2. The molecular weight excluding hydrogens is 412 g/mol. The summed E-state index contributed by atoms with van der Waals surface area (Å²) in [5, 5.41) is 13.8. The number of methoxy groups -OCH3 is 1. The Balaban J connectivity index is 1.65. The summed E-state index contributed by atoms with van der Waals surface area (Å²) in [5.74, 6) is 1.48. The van der Waals surface area contributed by atoms with Crippen molar-refractivity contribution in [3.8, 4) is 17.4 Å². The van der Waals surface area contributed by atoms with Crippen LogP contribution in [-0.2, 0) is 0 Å². The van der Waals surface area contributed by atoms with Crippen molar-refractivity contribution in [1.82, 2.24) is 9.88 Å². The number of amides is 2. The second-order valence-corrected chi connectivity index (χ2v) is 7.21. The highest BCUT2D eigenvalue weighted by molar-refractivity contribution is 5.89. The molecule has 0 saturated heterocycles. The van der Waals surface area contributed by atoms with Crippen LogP contribution in [0.25, 0.3) is 0 Å². The molecule has 1 aromatic heterocycles. The molecule has 2 amide bonds. The summed E-state index contributed by atoms with van der Waals surface area (Å²) in [4.78, 5) is 28.9. The summed E-state index contributed by atoms with van der Waals surface area (Å²) in [6.07, 6.45) is 1.49. The summed E-state index contributed by atoms with van der Waals surface area (Å²) in [6, 6.07) is 14.4. The quantitative estimate of drug-likeness (QED) is 0.397. The number of anilines is 1. The molecule has 0 radical (unpaired) electrons. The van der Waals surface area contributed by atoms with Crippen molar-refractivity contribution >= 4 is 17.4 Å². The van der Waals surface area contributed by atoms with Crippen molar-refractivity contribution in [2.75, 3.05) is 19.5 Å². The largest absolute Gasteiger partial charge is 0.493 e. The number of non-ortho nitro benzene ring substituents is 1. The number of nitro benzene ring substituents is 1. The van der Waals surface area contributed by atoms with Gasteiger partial charge < -0.3 is 19.7 Å². The van der Waals surface area contributed by atoms with E-state index in [1.807, 2.05) is 19.1 Å². The smallest absolute Gasteiger partial charge is 0.322 e. The van der Waals surface area contributed by atoms with Gasteiger partial charge in [-0.15, -0.1) is 0 Å². The monoisotopic (exact) mass is 436 g/mol. The van der Waals surface area contributed by atoms with Gasteiger partial charge in [0.2, 0.25) is 5.88 Å². The molecule has 1 N–H and O–H groups in total. The molecule has 0 aliphatic carbocycles. The Hall–Kier alpha value is -4.14. The molecule has 0 aliphatic rings. The van der Waals surface area contributed by atoms with Crippen LogP contribution in [-0.4, -0.2) is 35.0 Å². The SMILES string of the molecule is COc1cc(C)ccc1Oc1ccc(NC(=O)N(C)C(C)c2cccc([N+](=O)[O-])c2)cn1. The van der Waals surface area contributed by atoms with E-state index in [1.54, 1.807) is 51.4 Å². The second-order valence-electron chi connectivity index (χ2n) is 7.21. The number of nitrogens with zero attached hydrogens (tertiary/aromatic N) is 3. The van der Waals surface area contributed by atoms with Crippen LogP contribution in [0.4, 0.5) is 16.2 Å². The maximum atomic E-state index is 12.6. The van der Waals surface area contributed by atoms with Gasteiger partial charge >= 0.3 is 6.03 Å². The Morgan fingerprint density at radius 1 is 1.16 bits per heavy atom. The first-order chi connectivity index (χ1) is 15.3. The average molecular weight is 436 g/mol. The van der Waals surface area contributed by atoms with E-state index in [4.69, 9.17) is 9.47 Å². The van der Waals surface area contributed by atoms with Crippen molar-refractivity contribution < 1.29 is 19.2 Å². The summed E-state index contributed by atoms with van der Waals surface area (Å²) >= 11 is 0. The topological polar surface area (TPSA) is 107 Å². The molecule has 0 aliphatic heterocycles. The minimum absolute atomic E-state index is 0.0202. The van der Waals surface area contributed by atoms with Gasteiger partial charge in [0.15, 0.2) is 11.5 Å². The number of carbonyl (C=O) groups is 1. The first-order valence-electron chi connectivity index (χ1n) is 9.85. The molecule has 9 nitrogen and oxygen atoms in total. The van der Waals surface area contributed by atoms with Crippen molar-refractivity contribution in [1.29, 1.82) is 0 Å². The zero-order valence-corrected chi connectivity index (χ0v) is 18.2. The van der Waals surface area contributed by atoms with Crippen molar-refractivity contribution in [2.45, 2.75) is 19.9 Å². The van der Waals surface area contributed by atoms with E-state index < -0.39 is 4.92 Å². The molecule has 1 atom stereocenters. The number of pyridine rings is 1. The molecule has 3 aromatic rings. The molecular formula is C23H24N4O5. The number of ether oxygens (including phenoxy) is 2. The van der Waals surface area contributed by atoms with Crippen molar-refractivity contribution in [2.24, 2.45) is 0 Å². The van der Waals surface area contributed by atoms with Crippen molar-refractivity contribution in [3.63, 3.8) is 0 Å². The van der Waals surface area contributed by atoms with Gasteiger partial charge in [-0.05, 0) is 43.2 Å². The van der Waals surface area contributed by atoms with Crippen LogP contribution < -0.4 is 14.8 Å². The minimum atomic E-state index is -0.461. The molecule has 0 spiro atoms. The van der Waals surface area contributed by atoms with E-state index in [-0.39, 0.29) is 17.8 Å². The lowest BCUT2D eigenvalue weighted by Gasteiger charge is -2.25. The first-order valence-corrected chi connectivity index (χ1v) is 9.85. The Morgan fingerprint density at radius 2 is 1.94 bits per heavy atom. The van der Waals surface area contributed by atoms with Crippen LogP contribution in [0.5, 0.6) is 17.4 Å². The van der Waals surface area contributed by atoms with Crippen LogP contribution in [0, 0.1) is 17.0 Å². The molecule has 1 heterocycles. The van der Waals surface area contributed by atoms with Gasteiger partial charge in [-0.25, -0.2) is 9.78 Å². The Kier molecular flexibility index (Phi) is 6.89. The fraction of sp³-hybridized carbons (Fsp3) is 0.217. The molecule has 166 valence electrons. The number of hydrogen-bond donors (Lipinski definition) is 1. The van der Waals surface area contributed by atoms with E-state index in [2.05, 4.69) is 10.3 Å². The third-order valence-corrected chi connectivity index (χ3v) is 4.99. The highest BCUT2D eigenvalue weighted by Crippen LogP contribution is 2.31. The minimum Gasteiger partial charge on any atom is -0.493 e. The third kappa shape index (κ3) is 5.31. The molecule has 1 unspecified atom stereocenters. The van der Waals surface area contributed by atoms with E-state index >= 15 is 0 Å². The number of nitro groups is 1. The zero-order chi connectivity index (χ0) is 23.3. The second kappa shape index (κ2) is 9.78. The Bertz CT molecular complexity index is 1120. The van der Waals surface area contributed by atoms with Crippen LogP contribution in [0.15, 0.2) is 60.8 Å². The van der Waals surface area contributed by atoms with Crippen LogP contribution in [0.3, 0.4) is 0 Å². The molecule has 0 saturated carbocycles. The van der Waals surface area contributed by atoms with Crippen LogP contribution in [0.1, 0.15) is 24.1 Å². The maximum absolute atomic E-state index is 12.6. The molecule has 0 fully saturated rings. The highest BCUT2D eigenvalue weighted by atomic mass is 16.6. The van der Waals surface area contributed by atoms with E-state index in [1.165, 1.54) is 23.2 Å². The number of rotatable bonds is 7. The van der Waals surface area contributed by atoms with Gasteiger partial charge in [0.1, 0.15) is 0 Å². The van der Waals surface area contributed by atoms with E-state index in [0.29, 0.717) is 28.6 Å². The Morgan fingerprint density at radius 3 is 2.59 bits per heavy atom. The summed E-state index contributed by atoms with van der Waals surface area (Å²) in [7, 11) is 3.19. The first kappa shape index (κ1) is 22.5. The van der Waals surface area contributed by atoms with Gasteiger partial charge in [-0.1, -0.05) is 18.2 Å². The molecule has 32 heavy (non-hydrogen) atoms. The Labute approximate surface area is 185 Å². The highest BCUT2D eigenvalue weighted by Gasteiger charge is 2.19. The number of aryl methyl sites for hydroxylation is 1. The number of hydrogen-bond acceptors (Lipinski definition) is 6. The normalized spacial score (nSPS) is 11.4. The number of aromatic nitrogens is 1. The molecule has 0 bridgehead atoms. The standard InChI is InChI=1S/C23H24N4O5/c1-15-8-10-20(21(12-15)31-4)32-22-11-9-18(14-24-22)25-23(28)26(3)16(2)17-6-5-7-19(13-17)27(29)30/h5-14,16H,1-4H3,(H,25,28). The van der Waals surface area contributed by atoms with E-state index in [9.17, 15) is 14.9 Å². The molecule has 9 heteroatoms. The molecule has 2 aromatic carbocycles. The van der Waals surface area contributed by atoms with Gasteiger partial charge in [-0.3, -0.25) is 10.1 Å². The number of urea groups is 1. The summed E-state index contributed by atoms with van der Waals surface area (Å²) < 4.78 is 11.1. The maximum Gasteiger partial charge on any atom is 0.322 e. The molecule has 3 rings (SSSR count). The summed E-state index contributed by atoms with van der Waals surface area (Å²) in [6.45, 7) is 3.75. The fourth-order valence-electron chi connectivity index (χ4n) is 3.00. The van der Waals surface area contributed by atoms with Crippen LogP contribution >= 0.6 is 0 Å². The van der Waals surface area contributed by atoms with Crippen LogP contribution in [0.2, 0.25) is 0 Å². The average Bonchev–Trinajstić information content (AvgIpc) is 2.80. The lowest BCUT2D eigenvalue weighted by atomic mass is 10.1. The number of nitrogens with one attached hydrogen (secondary N) is 1. The third-order valence-electron chi connectivity index (χ3n) is 4.99. The van der Waals surface area contributed by atoms with Gasteiger partial charge in [0, 0.05) is 25.2 Å². The van der Waals surface area contributed by atoms with Gasteiger partial charge in [0.25, 0.3) is 5.69 Å². The number of carbonyl (C=O) groups excluding carboxylic acids is 1. The fourth-order valence-corrected chi connectivity index (χ4v) is 3.00. The van der Waals surface area contributed by atoms with Gasteiger partial charge in [-0.2, -0.15) is 0 Å². The lowest BCUT2D eigenvalue weighted by molar-refractivity contribution is -0.384. The van der Waals surface area contributed by atoms with E-state index in [0.717, 1.165) is 5.56 Å². The predicted octanol–water partition coefficient (Wildman–Crippen LogP) is 5.32. The lowest BCUT2D eigenvalue weighted by Crippen LogP contribution is -2.33. The van der Waals surface area contributed by atoms with Gasteiger partial charge in [0.05, 0.1) is 30.0 Å². The summed E-state index contributed by atoms with van der Waals surface area (Å²) in [5.41, 5.74) is 2.17. The van der Waals surface area contributed by atoms with Crippen molar-refractivity contribution in [3.05, 3.63) is 82.0 Å². The zero-order valence-electron chi connectivity index (χ0n) is 18.2. The predicted molar refractivity (Wildman–Crippen MR) is 120 cm³/mol.